The number of hydrogen-bond donors (Lipinski definition) is 0. The van der Waals surface area contributed by atoms with Gasteiger partial charge in [-0.25, -0.2) is 0 Å². The first kappa shape index (κ1) is 14.3. The van der Waals surface area contributed by atoms with Crippen LogP contribution in [0, 0.1) is 13.8 Å². The zero-order chi connectivity index (χ0) is 14.7. The number of pyridine rings is 1. The second kappa shape index (κ2) is 5.90. The quantitative estimate of drug-likeness (QED) is 0.859. The third kappa shape index (κ3) is 2.90. The van der Waals surface area contributed by atoms with Gasteiger partial charge in [-0.15, -0.1) is 0 Å². The van der Waals surface area contributed by atoms with E-state index in [4.69, 9.17) is 4.42 Å². The Morgan fingerprint density at radius 1 is 1.40 bits per heavy atom. The Bertz CT molecular complexity index is 604. The molecular weight excluding hydrogens is 252 g/mol. The zero-order valence-electron chi connectivity index (χ0n) is 12.4. The van der Waals surface area contributed by atoms with Gasteiger partial charge < -0.3 is 9.32 Å². The van der Waals surface area contributed by atoms with E-state index in [2.05, 4.69) is 4.98 Å². The molecule has 0 aliphatic heterocycles. The highest BCUT2D eigenvalue weighted by Crippen LogP contribution is 2.15. The molecule has 0 radical (unpaired) electrons. The number of nitrogens with zero attached hydrogens (tertiary/aromatic N) is 2. The number of carbonyl (C=O) groups is 1. The van der Waals surface area contributed by atoms with Gasteiger partial charge in [-0.3, -0.25) is 9.78 Å². The molecule has 0 unspecified atom stereocenters. The average molecular weight is 272 g/mol. The monoisotopic (exact) mass is 272 g/mol. The molecule has 0 N–H and O–H groups in total. The molecule has 4 nitrogen and oxygen atoms in total. The zero-order valence-corrected chi connectivity index (χ0v) is 12.4. The lowest BCUT2D eigenvalue weighted by atomic mass is 10.1. The minimum absolute atomic E-state index is 0.0164. The molecule has 2 aromatic heterocycles. The molecule has 0 fully saturated rings. The highest BCUT2D eigenvalue weighted by Gasteiger charge is 2.21. The van der Waals surface area contributed by atoms with Crippen LogP contribution in [0.25, 0.3) is 0 Å². The summed E-state index contributed by atoms with van der Waals surface area (Å²) >= 11 is 0. The largest absolute Gasteiger partial charge is 0.469 e. The SMILES string of the molecule is Cc1cccnc1C[C@@H](C)N(C)C(=O)c1ccoc1C. The fourth-order valence-electron chi connectivity index (χ4n) is 2.15. The third-order valence-corrected chi connectivity index (χ3v) is 3.68. The second-order valence-electron chi connectivity index (χ2n) is 5.13. The van der Waals surface area contributed by atoms with Gasteiger partial charge in [0, 0.05) is 31.4 Å². The van der Waals surface area contributed by atoms with Gasteiger partial charge in [0.25, 0.3) is 5.91 Å². The summed E-state index contributed by atoms with van der Waals surface area (Å²) < 4.78 is 5.19. The second-order valence-corrected chi connectivity index (χ2v) is 5.13. The first-order chi connectivity index (χ1) is 9.50. The van der Waals surface area contributed by atoms with E-state index in [1.54, 1.807) is 30.4 Å². The van der Waals surface area contributed by atoms with Crippen LogP contribution in [0.15, 0.2) is 35.1 Å². The number of aryl methyl sites for hydroxylation is 2. The van der Waals surface area contributed by atoms with E-state index < -0.39 is 0 Å². The molecule has 106 valence electrons. The van der Waals surface area contributed by atoms with Crippen molar-refractivity contribution in [3.8, 4) is 0 Å². The number of rotatable bonds is 4. The molecule has 1 atom stereocenters. The van der Waals surface area contributed by atoms with Crippen LogP contribution in [0.5, 0.6) is 0 Å². The van der Waals surface area contributed by atoms with Gasteiger partial charge in [0.15, 0.2) is 0 Å². The van der Waals surface area contributed by atoms with Crippen LogP contribution in [0.3, 0.4) is 0 Å². The molecule has 0 spiro atoms. The molecule has 1 amide bonds. The van der Waals surface area contributed by atoms with E-state index in [0.717, 1.165) is 17.7 Å². The summed E-state index contributed by atoms with van der Waals surface area (Å²) in [7, 11) is 1.82. The van der Waals surface area contributed by atoms with Crippen molar-refractivity contribution >= 4 is 5.91 Å². The van der Waals surface area contributed by atoms with E-state index >= 15 is 0 Å². The Labute approximate surface area is 119 Å². The van der Waals surface area contributed by atoms with Gasteiger partial charge in [0.05, 0.1) is 11.8 Å². The first-order valence-corrected chi connectivity index (χ1v) is 6.72. The number of carbonyl (C=O) groups excluding carboxylic acids is 1. The molecule has 2 aromatic rings. The van der Waals surface area contributed by atoms with Crippen molar-refractivity contribution < 1.29 is 9.21 Å². The van der Waals surface area contributed by atoms with Crippen molar-refractivity contribution in [1.82, 2.24) is 9.88 Å². The van der Waals surface area contributed by atoms with Crippen molar-refractivity contribution in [3.63, 3.8) is 0 Å². The molecule has 0 saturated heterocycles. The van der Waals surface area contributed by atoms with E-state index in [1.165, 1.54) is 0 Å². The Balaban J connectivity index is 2.09. The predicted molar refractivity (Wildman–Crippen MR) is 77.7 cm³/mol. The van der Waals surface area contributed by atoms with Crippen molar-refractivity contribution in [2.75, 3.05) is 7.05 Å². The Morgan fingerprint density at radius 2 is 2.15 bits per heavy atom. The van der Waals surface area contributed by atoms with Gasteiger partial charge in [-0.2, -0.15) is 0 Å². The summed E-state index contributed by atoms with van der Waals surface area (Å²) in [6, 6.07) is 5.75. The lowest BCUT2D eigenvalue weighted by molar-refractivity contribution is 0.0741. The van der Waals surface area contributed by atoms with E-state index in [1.807, 2.05) is 33.0 Å². The molecule has 0 aliphatic rings. The van der Waals surface area contributed by atoms with E-state index in [9.17, 15) is 4.79 Å². The molecule has 0 aliphatic carbocycles. The van der Waals surface area contributed by atoms with Crippen molar-refractivity contribution in [3.05, 3.63) is 53.2 Å². The Kier molecular flexibility index (Phi) is 4.23. The number of furan rings is 1. The van der Waals surface area contributed by atoms with Gasteiger partial charge >= 0.3 is 0 Å². The number of hydrogen-bond acceptors (Lipinski definition) is 3. The van der Waals surface area contributed by atoms with Gasteiger partial charge in [-0.1, -0.05) is 6.07 Å². The van der Waals surface area contributed by atoms with Gasteiger partial charge in [-0.05, 0) is 38.5 Å². The summed E-state index contributed by atoms with van der Waals surface area (Å²) in [6.07, 6.45) is 4.08. The van der Waals surface area contributed by atoms with Crippen molar-refractivity contribution in [2.45, 2.75) is 33.2 Å². The lowest BCUT2D eigenvalue weighted by Gasteiger charge is -2.25. The van der Waals surface area contributed by atoms with Gasteiger partial charge in [0.1, 0.15) is 5.76 Å². The molecular formula is C16H20N2O2. The molecule has 2 heterocycles. The van der Waals surface area contributed by atoms with E-state index in [-0.39, 0.29) is 11.9 Å². The summed E-state index contributed by atoms with van der Waals surface area (Å²) in [4.78, 5) is 18.5. The summed E-state index contributed by atoms with van der Waals surface area (Å²) in [5, 5.41) is 0. The minimum Gasteiger partial charge on any atom is -0.469 e. The van der Waals surface area contributed by atoms with Gasteiger partial charge in [0.2, 0.25) is 0 Å². The van der Waals surface area contributed by atoms with Crippen LogP contribution in [0.1, 0.15) is 34.3 Å². The number of amides is 1. The summed E-state index contributed by atoms with van der Waals surface area (Å²) in [6.45, 7) is 5.87. The first-order valence-electron chi connectivity index (χ1n) is 6.72. The predicted octanol–water partition coefficient (Wildman–Crippen LogP) is 2.99. The highest BCUT2D eigenvalue weighted by molar-refractivity contribution is 5.95. The molecule has 4 heteroatoms. The average Bonchev–Trinajstić information content (AvgIpc) is 2.86. The molecule has 0 bridgehead atoms. The Morgan fingerprint density at radius 3 is 2.75 bits per heavy atom. The fraction of sp³-hybridized carbons (Fsp3) is 0.375. The molecule has 2 rings (SSSR count). The number of likely N-dealkylation sites (N-methyl/N-ethyl adjacent to an activating group) is 1. The number of aromatic nitrogens is 1. The van der Waals surface area contributed by atoms with Crippen LogP contribution in [-0.2, 0) is 6.42 Å². The normalized spacial score (nSPS) is 12.2. The lowest BCUT2D eigenvalue weighted by Crippen LogP contribution is -2.36. The smallest absolute Gasteiger partial charge is 0.257 e. The van der Waals surface area contributed by atoms with Crippen LogP contribution >= 0.6 is 0 Å². The maximum atomic E-state index is 12.4. The third-order valence-electron chi connectivity index (χ3n) is 3.68. The molecule has 0 saturated carbocycles. The minimum atomic E-state index is -0.0164. The topological polar surface area (TPSA) is 46.3 Å². The highest BCUT2D eigenvalue weighted by atomic mass is 16.3. The van der Waals surface area contributed by atoms with Crippen molar-refractivity contribution in [1.29, 1.82) is 0 Å². The maximum absolute atomic E-state index is 12.4. The standard InChI is InChI=1S/C16H20N2O2/c1-11-6-5-8-17-15(11)10-12(2)18(4)16(19)14-7-9-20-13(14)3/h5-9,12H,10H2,1-4H3/t12-/m1/s1. The van der Waals surface area contributed by atoms with Crippen LogP contribution in [-0.4, -0.2) is 28.9 Å². The Hall–Kier alpha value is -2.10. The summed E-state index contributed by atoms with van der Waals surface area (Å²) in [5.74, 6) is 0.639. The molecule has 0 aromatic carbocycles. The maximum Gasteiger partial charge on any atom is 0.257 e. The van der Waals surface area contributed by atoms with Crippen LogP contribution < -0.4 is 0 Å². The van der Waals surface area contributed by atoms with Crippen molar-refractivity contribution in [2.24, 2.45) is 0 Å². The van der Waals surface area contributed by atoms with E-state index in [0.29, 0.717) is 11.3 Å². The summed E-state index contributed by atoms with van der Waals surface area (Å²) in [5.41, 5.74) is 2.81. The van der Waals surface area contributed by atoms with Crippen LogP contribution in [0.4, 0.5) is 0 Å². The fourth-order valence-corrected chi connectivity index (χ4v) is 2.15. The van der Waals surface area contributed by atoms with Crippen LogP contribution in [0.2, 0.25) is 0 Å². The molecule has 20 heavy (non-hydrogen) atoms.